The number of hydrogen-bond donors (Lipinski definition) is 1. The number of ether oxygens (including phenoxy) is 1. The van der Waals surface area contributed by atoms with Crippen molar-refractivity contribution >= 4 is 35.1 Å². The minimum atomic E-state index is -0.997. The molecule has 2 aromatic rings. The smallest absolute Gasteiger partial charge is 0.338 e. The zero-order chi connectivity index (χ0) is 18.7. The number of piperidine rings is 1. The van der Waals surface area contributed by atoms with E-state index in [0.717, 1.165) is 0 Å². The Labute approximate surface area is 160 Å². The largest absolute Gasteiger partial charge is 0.484 e. The highest BCUT2D eigenvalue weighted by molar-refractivity contribution is 6.42. The lowest BCUT2D eigenvalue weighted by atomic mass is 10.1. The maximum absolute atomic E-state index is 12.3. The lowest BCUT2D eigenvalue weighted by Crippen LogP contribution is -2.41. The molecule has 1 fully saturated rings. The molecule has 1 aliphatic heterocycles. The van der Waals surface area contributed by atoms with Crippen LogP contribution in [-0.4, -0.2) is 51.4 Å². The van der Waals surface area contributed by atoms with Crippen LogP contribution in [0.25, 0.3) is 0 Å². The van der Waals surface area contributed by atoms with Gasteiger partial charge in [-0.25, -0.2) is 4.79 Å². The van der Waals surface area contributed by atoms with Crippen molar-refractivity contribution in [3.05, 3.63) is 46.2 Å². The number of carboxylic acid groups (broad SMARTS) is 1. The van der Waals surface area contributed by atoms with Crippen molar-refractivity contribution in [2.24, 2.45) is 0 Å². The molecule has 1 aromatic heterocycles. The Morgan fingerprint density at radius 3 is 2.58 bits per heavy atom. The number of aromatic carboxylic acids is 1. The molecule has 7 nitrogen and oxygen atoms in total. The molecule has 0 radical (unpaired) electrons. The molecule has 2 heterocycles. The van der Waals surface area contributed by atoms with Crippen molar-refractivity contribution < 1.29 is 19.4 Å². The highest BCUT2D eigenvalue weighted by Gasteiger charge is 2.25. The molecule has 1 saturated heterocycles. The van der Waals surface area contributed by atoms with Crippen LogP contribution in [0, 0.1) is 0 Å². The fourth-order valence-electron chi connectivity index (χ4n) is 2.83. The summed E-state index contributed by atoms with van der Waals surface area (Å²) in [7, 11) is 0. The highest BCUT2D eigenvalue weighted by Crippen LogP contribution is 2.26. The van der Waals surface area contributed by atoms with Gasteiger partial charge in [0.05, 0.1) is 27.8 Å². The summed E-state index contributed by atoms with van der Waals surface area (Å²) in [5.74, 6) is -0.620. The summed E-state index contributed by atoms with van der Waals surface area (Å²) in [4.78, 5) is 25.0. The summed E-state index contributed by atoms with van der Waals surface area (Å²) < 4.78 is 7.15. The first kappa shape index (κ1) is 18.5. The second-order valence-electron chi connectivity index (χ2n) is 5.99. The molecule has 3 rings (SSSR count). The second-order valence-corrected chi connectivity index (χ2v) is 6.81. The van der Waals surface area contributed by atoms with Crippen LogP contribution in [0.1, 0.15) is 29.2 Å². The molecule has 0 bridgehead atoms. The van der Waals surface area contributed by atoms with Crippen molar-refractivity contribution in [3.8, 4) is 5.75 Å². The fourth-order valence-corrected chi connectivity index (χ4v) is 3.12. The highest BCUT2D eigenvalue weighted by atomic mass is 35.5. The molecule has 1 amide bonds. The van der Waals surface area contributed by atoms with E-state index in [1.807, 2.05) is 0 Å². The van der Waals surface area contributed by atoms with Gasteiger partial charge >= 0.3 is 5.97 Å². The van der Waals surface area contributed by atoms with Gasteiger partial charge in [-0.3, -0.25) is 9.48 Å². The summed E-state index contributed by atoms with van der Waals surface area (Å²) in [6.45, 7) is 1.06. The summed E-state index contributed by atoms with van der Waals surface area (Å²) in [6.07, 6.45) is 4.28. The number of carboxylic acids is 1. The Morgan fingerprint density at radius 2 is 1.96 bits per heavy atom. The molecular weight excluding hydrogens is 381 g/mol. The number of carbonyl (C=O) groups excluding carboxylic acids is 1. The van der Waals surface area contributed by atoms with Gasteiger partial charge < -0.3 is 14.7 Å². The number of amides is 1. The van der Waals surface area contributed by atoms with Crippen LogP contribution in [0.5, 0.6) is 5.75 Å². The molecule has 1 aliphatic rings. The average molecular weight is 398 g/mol. The van der Waals surface area contributed by atoms with Gasteiger partial charge in [-0.1, -0.05) is 23.2 Å². The summed E-state index contributed by atoms with van der Waals surface area (Å²) in [5.41, 5.74) is 0.165. The molecule has 0 spiro atoms. The monoisotopic (exact) mass is 397 g/mol. The number of aromatic nitrogens is 2. The lowest BCUT2D eigenvalue weighted by molar-refractivity contribution is -0.134. The Morgan fingerprint density at radius 1 is 1.23 bits per heavy atom. The number of nitrogens with zero attached hydrogens (tertiary/aromatic N) is 3. The average Bonchev–Trinajstić information content (AvgIpc) is 3.13. The van der Waals surface area contributed by atoms with E-state index in [9.17, 15) is 9.59 Å². The van der Waals surface area contributed by atoms with Crippen LogP contribution >= 0.6 is 23.2 Å². The maximum atomic E-state index is 12.3. The van der Waals surface area contributed by atoms with E-state index in [1.54, 1.807) is 27.8 Å². The molecule has 9 heteroatoms. The molecular formula is C17H17Cl2N3O4. The number of hydrogen-bond acceptors (Lipinski definition) is 4. The Bertz CT molecular complexity index is 816. The summed E-state index contributed by atoms with van der Waals surface area (Å²) in [5, 5.41) is 13.9. The van der Waals surface area contributed by atoms with Gasteiger partial charge in [-0.15, -0.1) is 0 Å². The molecule has 0 aliphatic carbocycles. The van der Waals surface area contributed by atoms with Gasteiger partial charge in [0.2, 0.25) is 0 Å². The third kappa shape index (κ3) is 4.28. The zero-order valence-corrected chi connectivity index (χ0v) is 15.3. The standard InChI is InChI=1S/C17H17Cl2N3O4/c18-14-2-1-13(7-15(14)19)26-10-16(23)21-5-3-12(4-6-21)22-9-11(8-20-22)17(24)25/h1-2,7-9,12H,3-6,10H2,(H,24,25). The van der Waals surface area contributed by atoms with Crippen LogP contribution < -0.4 is 4.74 Å². The number of halogens is 2. The summed E-state index contributed by atoms with van der Waals surface area (Å²) >= 11 is 11.8. The van der Waals surface area contributed by atoms with Crippen LogP contribution in [0.15, 0.2) is 30.6 Å². The quantitative estimate of drug-likeness (QED) is 0.837. The third-order valence-electron chi connectivity index (χ3n) is 4.29. The molecule has 138 valence electrons. The maximum Gasteiger partial charge on any atom is 0.338 e. The fraction of sp³-hybridized carbons (Fsp3) is 0.353. The Kier molecular flexibility index (Phi) is 5.68. The predicted octanol–water partition coefficient (Wildman–Crippen LogP) is 3.13. The lowest BCUT2D eigenvalue weighted by Gasteiger charge is -2.32. The van der Waals surface area contributed by atoms with Gasteiger partial charge in [0.15, 0.2) is 6.61 Å². The molecule has 1 N–H and O–H groups in total. The molecule has 0 saturated carbocycles. The van der Waals surface area contributed by atoms with Gasteiger partial charge in [0, 0.05) is 25.4 Å². The molecule has 26 heavy (non-hydrogen) atoms. The Balaban J connectivity index is 1.49. The van der Waals surface area contributed by atoms with E-state index >= 15 is 0 Å². The van der Waals surface area contributed by atoms with Gasteiger partial charge in [-0.05, 0) is 25.0 Å². The third-order valence-corrected chi connectivity index (χ3v) is 5.03. The molecule has 0 unspecified atom stereocenters. The normalized spacial score (nSPS) is 15.1. The first-order valence-electron chi connectivity index (χ1n) is 8.07. The number of likely N-dealkylation sites (tertiary alicyclic amines) is 1. The van der Waals surface area contributed by atoms with Crippen molar-refractivity contribution in [1.82, 2.24) is 14.7 Å². The van der Waals surface area contributed by atoms with Crippen LogP contribution in [0.4, 0.5) is 0 Å². The van der Waals surface area contributed by atoms with E-state index in [1.165, 1.54) is 12.4 Å². The first-order chi connectivity index (χ1) is 12.4. The topological polar surface area (TPSA) is 84.7 Å². The van der Waals surface area contributed by atoms with E-state index in [-0.39, 0.29) is 24.1 Å². The minimum Gasteiger partial charge on any atom is -0.484 e. The number of rotatable bonds is 5. The predicted molar refractivity (Wildman–Crippen MR) is 96.0 cm³/mol. The van der Waals surface area contributed by atoms with Crippen LogP contribution in [0.2, 0.25) is 10.0 Å². The summed E-state index contributed by atoms with van der Waals surface area (Å²) in [6, 6.07) is 4.93. The first-order valence-corrected chi connectivity index (χ1v) is 8.82. The SMILES string of the molecule is O=C(O)c1cnn(C2CCN(C(=O)COc3ccc(Cl)c(Cl)c3)CC2)c1. The number of benzene rings is 1. The van der Waals surface area contributed by atoms with Gasteiger partial charge in [0.25, 0.3) is 5.91 Å². The van der Waals surface area contributed by atoms with Crippen molar-refractivity contribution in [2.75, 3.05) is 19.7 Å². The van der Waals surface area contributed by atoms with E-state index in [2.05, 4.69) is 5.10 Å². The van der Waals surface area contributed by atoms with Gasteiger partial charge in [-0.2, -0.15) is 5.10 Å². The minimum absolute atomic E-state index is 0.0758. The zero-order valence-electron chi connectivity index (χ0n) is 13.8. The van der Waals surface area contributed by atoms with E-state index < -0.39 is 5.97 Å². The van der Waals surface area contributed by atoms with Crippen molar-refractivity contribution in [2.45, 2.75) is 18.9 Å². The second kappa shape index (κ2) is 7.97. The van der Waals surface area contributed by atoms with E-state index in [0.29, 0.717) is 41.7 Å². The molecule has 0 atom stereocenters. The number of carbonyl (C=O) groups is 2. The van der Waals surface area contributed by atoms with Gasteiger partial charge in [0.1, 0.15) is 5.75 Å². The molecule has 1 aromatic carbocycles. The van der Waals surface area contributed by atoms with Crippen LogP contribution in [0.3, 0.4) is 0 Å². The van der Waals surface area contributed by atoms with Crippen molar-refractivity contribution in [1.29, 1.82) is 0 Å². The van der Waals surface area contributed by atoms with Crippen LogP contribution in [-0.2, 0) is 4.79 Å². The van der Waals surface area contributed by atoms with E-state index in [4.69, 9.17) is 33.0 Å². The Hall–Kier alpha value is -2.25. The van der Waals surface area contributed by atoms with Crippen molar-refractivity contribution in [3.63, 3.8) is 0 Å².